The Morgan fingerprint density at radius 2 is 1.93 bits per heavy atom. The second-order valence-corrected chi connectivity index (χ2v) is 6.39. The molecule has 1 atom stereocenters. The number of carbonyl (C=O) groups excluding carboxylic acids is 1. The molecule has 27 heavy (non-hydrogen) atoms. The first kappa shape index (κ1) is 20.8. The average Bonchev–Trinajstić information content (AvgIpc) is 2.66. The Hall–Kier alpha value is -2.55. The zero-order valence-electron chi connectivity index (χ0n) is 14.4. The summed E-state index contributed by atoms with van der Waals surface area (Å²) >= 11 is 0. The van der Waals surface area contributed by atoms with Crippen molar-refractivity contribution < 1.29 is 28.2 Å². The van der Waals surface area contributed by atoms with Gasteiger partial charge in [0.2, 0.25) is 5.60 Å². The number of carbonyl (C=O) groups is 1. The van der Waals surface area contributed by atoms with E-state index in [-0.39, 0.29) is 5.69 Å². The molecule has 3 N–H and O–H groups in total. The molecule has 0 radical (unpaired) electrons. The van der Waals surface area contributed by atoms with E-state index in [1.807, 2.05) is 0 Å². The average molecular weight is 380 g/mol. The third kappa shape index (κ3) is 4.79. The van der Waals surface area contributed by atoms with Crippen LogP contribution in [0.2, 0.25) is 0 Å². The van der Waals surface area contributed by atoms with Crippen molar-refractivity contribution in [2.75, 3.05) is 11.9 Å². The molecule has 1 aromatic carbocycles. The third-order valence-electron chi connectivity index (χ3n) is 4.60. The molecule has 0 saturated heterocycles. The normalized spacial score (nSPS) is 17.2. The van der Waals surface area contributed by atoms with Crippen LogP contribution in [-0.4, -0.2) is 28.3 Å². The van der Waals surface area contributed by atoms with Gasteiger partial charge in [-0.2, -0.15) is 18.4 Å². The van der Waals surface area contributed by atoms with E-state index in [1.54, 1.807) is 0 Å². The van der Waals surface area contributed by atoms with Crippen LogP contribution >= 0.6 is 0 Å². The third-order valence-corrected chi connectivity index (χ3v) is 4.60. The molecule has 0 bridgehead atoms. The van der Waals surface area contributed by atoms with Crippen molar-refractivity contribution in [1.29, 1.82) is 5.26 Å². The van der Waals surface area contributed by atoms with Gasteiger partial charge in [0.15, 0.2) is 0 Å². The molecule has 0 aromatic heterocycles. The summed E-state index contributed by atoms with van der Waals surface area (Å²) in [6.45, 7) is -0.558. The van der Waals surface area contributed by atoms with Crippen molar-refractivity contribution >= 4 is 11.6 Å². The number of nitriles is 1. The molecule has 1 aromatic rings. The fraction of sp³-hybridized carbons (Fsp3) is 0.474. The topological polar surface area (TPSA) is 93.4 Å². The van der Waals surface area contributed by atoms with Crippen LogP contribution in [0.15, 0.2) is 18.2 Å². The van der Waals surface area contributed by atoms with Crippen LogP contribution in [0.4, 0.5) is 18.9 Å². The highest BCUT2D eigenvalue weighted by molar-refractivity contribution is 6.00. The number of nitrogens with one attached hydrogen (secondary N) is 1. The number of rotatable bonds is 3. The van der Waals surface area contributed by atoms with Gasteiger partial charge in [-0.3, -0.25) is 4.79 Å². The van der Waals surface area contributed by atoms with Gasteiger partial charge in [0.05, 0.1) is 17.2 Å². The van der Waals surface area contributed by atoms with Gasteiger partial charge in [0, 0.05) is 11.6 Å². The fourth-order valence-corrected chi connectivity index (χ4v) is 3.22. The van der Waals surface area contributed by atoms with Crippen LogP contribution < -0.4 is 5.32 Å². The molecule has 0 heterocycles. The Bertz CT molecular complexity index is 799. The monoisotopic (exact) mass is 380 g/mol. The number of aliphatic hydroxyl groups is 2. The minimum Gasteiger partial charge on any atom is -0.384 e. The smallest absolute Gasteiger partial charge is 0.384 e. The van der Waals surface area contributed by atoms with Gasteiger partial charge in [0.25, 0.3) is 5.91 Å². The number of alkyl halides is 3. The Kier molecular flexibility index (Phi) is 6.48. The lowest BCUT2D eigenvalue weighted by atomic mass is 9.76. The molecule has 8 heteroatoms. The highest BCUT2D eigenvalue weighted by Crippen LogP contribution is 2.35. The molecule has 0 spiro atoms. The van der Waals surface area contributed by atoms with Crippen LogP contribution in [0.3, 0.4) is 0 Å². The predicted molar refractivity (Wildman–Crippen MR) is 91.2 cm³/mol. The molecule has 1 amide bonds. The van der Waals surface area contributed by atoms with Gasteiger partial charge < -0.3 is 15.5 Å². The maximum atomic E-state index is 13.1. The maximum absolute atomic E-state index is 13.1. The largest absolute Gasteiger partial charge is 0.417 e. The summed E-state index contributed by atoms with van der Waals surface area (Å²) in [6.07, 6.45) is -1.10. The lowest BCUT2D eigenvalue weighted by molar-refractivity contribution is -0.138. The number of hydrogen-bond donors (Lipinski definition) is 3. The van der Waals surface area contributed by atoms with Crippen molar-refractivity contribution in [2.24, 2.45) is 5.92 Å². The number of aliphatic hydroxyl groups excluding tert-OH is 1. The molecule has 144 valence electrons. The van der Waals surface area contributed by atoms with Crippen molar-refractivity contribution in [3.05, 3.63) is 29.3 Å². The van der Waals surface area contributed by atoms with E-state index in [1.165, 1.54) is 6.07 Å². The second-order valence-electron chi connectivity index (χ2n) is 6.39. The summed E-state index contributed by atoms with van der Waals surface area (Å²) < 4.78 is 39.2. The van der Waals surface area contributed by atoms with Crippen LogP contribution in [0.25, 0.3) is 0 Å². The molecule has 1 aliphatic rings. The summed E-state index contributed by atoms with van der Waals surface area (Å²) in [7, 11) is 0. The van der Waals surface area contributed by atoms with Crippen LogP contribution in [0.5, 0.6) is 0 Å². The Labute approximate surface area is 154 Å². The standard InChI is InChI=1S/C19H19F3N2O3/c20-19(21,22)16-11-15(8-7-13(16)12-23)24-17(26)18(27,9-4-10-25)14-5-2-1-3-6-14/h7-8,11,14,25,27H,1-3,5-6,10H2,(H,24,26). The molecule has 1 unspecified atom stereocenters. The molecular formula is C19H19F3N2O3. The molecule has 1 saturated carbocycles. The quantitative estimate of drug-likeness (QED) is 0.703. The number of halogens is 3. The zero-order chi connectivity index (χ0) is 20.1. The molecule has 1 fully saturated rings. The first-order chi connectivity index (χ1) is 12.7. The predicted octanol–water partition coefficient (Wildman–Crippen LogP) is 2.82. The highest BCUT2D eigenvalue weighted by atomic mass is 19.4. The van der Waals surface area contributed by atoms with E-state index in [4.69, 9.17) is 10.4 Å². The van der Waals surface area contributed by atoms with E-state index >= 15 is 0 Å². The van der Waals surface area contributed by atoms with Crippen molar-refractivity contribution in [3.63, 3.8) is 0 Å². The Morgan fingerprint density at radius 1 is 1.26 bits per heavy atom. The van der Waals surface area contributed by atoms with Crippen molar-refractivity contribution in [3.8, 4) is 17.9 Å². The Balaban J connectivity index is 2.33. The maximum Gasteiger partial charge on any atom is 0.417 e. The van der Waals surface area contributed by atoms with Gasteiger partial charge in [-0.25, -0.2) is 0 Å². The Morgan fingerprint density at radius 3 is 2.48 bits per heavy atom. The summed E-state index contributed by atoms with van der Waals surface area (Å²) in [5.74, 6) is 3.22. The van der Waals surface area contributed by atoms with Crippen molar-refractivity contribution in [1.82, 2.24) is 0 Å². The number of hydrogen-bond acceptors (Lipinski definition) is 4. The second kappa shape index (κ2) is 8.43. The minimum atomic E-state index is -4.76. The van der Waals surface area contributed by atoms with Crippen molar-refractivity contribution in [2.45, 2.75) is 43.9 Å². The summed E-state index contributed by atoms with van der Waals surface area (Å²) in [5.41, 5.74) is -4.06. The lowest BCUT2D eigenvalue weighted by Gasteiger charge is -2.33. The SMILES string of the molecule is N#Cc1ccc(NC(=O)C(O)(C#CCO)C2CCCCC2)cc1C(F)(F)F. The first-order valence-electron chi connectivity index (χ1n) is 8.48. The molecule has 0 aliphatic heterocycles. The van der Waals surface area contributed by atoms with Gasteiger partial charge in [-0.15, -0.1) is 0 Å². The van der Waals surface area contributed by atoms with Gasteiger partial charge in [0.1, 0.15) is 6.61 Å². The number of anilines is 1. The molecule has 1 aliphatic carbocycles. The van der Waals surface area contributed by atoms with Gasteiger partial charge >= 0.3 is 6.18 Å². The zero-order valence-corrected chi connectivity index (χ0v) is 14.4. The van der Waals surface area contributed by atoms with Crippen LogP contribution in [0, 0.1) is 29.1 Å². The van der Waals surface area contributed by atoms with Gasteiger partial charge in [-0.05, 0) is 31.0 Å². The number of nitrogens with zero attached hydrogens (tertiary/aromatic N) is 1. The fourth-order valence-electron chi connectivity index (χ4n) is 3.22. The van der Waals surface area contributed by atoms with E-state index < -0.39 is 41.3 Å². The van der Waals surface area contributed by atoms with E-state index in [0.29, 0.717) is 18.9 Å². The molecule has 5 nitrogen and oxygen atoms in total. The van der Waals surface area contributed by atoms with Gasteiger partial charge in [-0.1, -0.05) is 31.1 Å². The number of amides is 1. The van der Waals surface area contributed by atoms with E-state index in [0.717, 1.165) is 31.4 Å². The first-order valence-corrected chi connectivity index (χ1v) is 8.48. The van der Waals surface area contributed by atoms with Crippen LogP contribution in [-0.2, 0) is 11.0 Å². The molecule has 2 rings (SSSR count). The van der Waals surface area contributed by atoms with E-state index in [2.05, 4.69) is 17.2 Å². The highest BCUT2D eigenvalue weighted by Gasteiger charge is 2.43. The summed E-state index contributed by atoms with van der Waals surface area (Å²) in [4.78, 5) is 12.7. The van der Waals surface area contributed by atoms with Crippen LogP contribution in [0.1, 0.15) is 43.2 Å². The van der Waals surface area contributed by atoms with E-state index in [9.17, 15) is 23.1 Å². The lowest BCUT2D eigenvalue weighted by Crippen LogP contribution is -2.49. The number of benzene rings is 1. The minimum absolute atomic E-state index is 0.202. The summed E-state index contributed by atoms with van der Waals surface area (Å²) in [5, 5.41) is 30.9. The summed E-state index contributed by atoms with van der Waals surface area (Å²) in [6, 6.07) is 4.23. The molecular weight excluding hydrogens is 361 g/mol.